The minimum atomic E-state index is -1.11. The third kappa shape index (κ3) is 3.64. The number of nitrogens with zero attached hydrogens (tertiary/aromatic N) is 1. The van der Waals surface area contributed by atoms with E-state index >= 15 is 0 Å². The van der Waals surface area contributed by atoms with Crippen LogP contribution in [-0.4, -0.2) is 35.0 Å². The van der Waals surface area contributed by atoms with Gasteiger partial charge in [0.15, 0.2) is 5.76 Å². The molecule has 1 saturated heterocycles. The predicted octanol–water partition coefficient (Wildman–Crippen LogP) is 3.21. The van der Waals surface area contributed by atoms with E-state index in [1.165, 1.54) is 18.2 Å². The van der Waals surface area contributed by atoms with E-state index in [0.717, 1.165) is 31.1 Å². The summed E-state index contributed by atoms with van der Waals surface area (Å²) in [4.78, 5) is 24.9. The van der Waals surface area contributed by atoms with Gasteiger partial charge < -0.3 is 14.4 Å². The number of carbonyl (C=O) groups is 2. The van der Waals surface area contributed by atoms with Gasteiger partial charge >= 0.3 is 5.97 Å². The number of piperidine rings is 1. The van der Waals surface area contributed by atoms with Crippen LogP contribution >= 0.6 is 0 Å². The molecule has 1 amide bonds. The van der Waals surface area contributed by atoms with Gasteiger partial charge in [-0.25, -0.2) is 9.18 Å². The van der Waals surface area contributed by atoms with E-state index < -0.39 is 5.97 Å². The quantitative estimate of drug-likeness (QED) is 0.934. The highest BCUT2D eigenvalue weighted by atomic mass is 19.1. The zero-order valence-electron chi connectivity index (χ0n) is 13.1. The van der Waals surface area contributed by atoms with Crippen molar-refractivity contribution >= 4 is 11.9 Å². The number of carboxylic acid groups (broad SMARTS) is 1. The molecular formula is C18H18FNO4. The topological polar surface area (TPSA) is 70.7 Å². The normalized spacial score (nSPS) is 15.5. The van der Waals surface area contributed by atoms with Crippen LogP contribution in [0.5, 0.6) is 0 Å². The van der Waals surface area contributed by atoms with Crippen LogP contribution in [0.3, 0.4) is 0 Å². The van der Waals surface area contributed by atoms with Crippen LogP contribution in [0, 0.1) is 11.7 Å². The molecule has 2 heterocycles. The maximum absolute atomic E-state index is 12.9. The fourth-order valence-electron chi connectivity index (χ4n) is 3.01. The molecule has 1 aromatic heterocycles. The third-order valence-electron chi connectivity index (χ3n) is 4.40. The molecule has 3 rings (SSSR count). The molecule has 0 spiro atoms. The molecule has 2 aromatic rings. The lowest BCUT2D eigenvalue weighted by atomic mass is 9.90. The van der Waals surface area contributed by atoms with Crippen LogP contribution in [0.25, 0.3) is 0 Å². The summed E-state index contributed by atoms with van der Waals surface area (Å²) in [7, 11) is 0. The first-order valence-corrected chi connectivity index (χ1v) is 7.88. The molecule has 1 aromatic carbocycles. The molecule has 0 radical (unpaired) electrons. The maximum Gasteiger partial charge on any atom is 0.338 e. The summed E-state index contributed by atoms with van der Waals surface area (Å²) in [6.45, 7) is 1.21. The molecule has 5 nitrogen and oxygen atoms in total. The van der Waals surface area contributed by atoms with Crippen LogP contribution in [0.4, 0.5) is 4.39 Å². The van der Waals surface area contributed by atoms with E-state index in [1.807, 2.05) is 0 Å². The molecule has 24 heavy (non-hydrogen) atoms. The molecule has 1 aliphatic heterocycles. The van der Waals surface area contributed by atoms with E-state index in [-0.39, 0.29) is 23.0 Å². The van der Waals surface area contributed by atoms with Crippen molar-refractivity contribution in [2.45, 2.75) is 19.3 Å². The average molecular weight is 331 g/mol. The number of amides is 1. The van der Waals surface area contributed by atoms with Crippen molar-refractivity contribution in [1.29, 1.82) is 0 Å². The summed E-state index contributed by atoms with van der Waals surface area (Å²) in [6, 6.07) is 7.78. The number of halogens is 1. The molecule has 6 heteroatoms. The summed E-state index contributed by atoms with van der Waals surface area (Å²) in [5, 5.41) is 8.87. The lowest BCUT2D eigenvalue weighted by Crippen LogP contribution is -2.38. The van der Waals surface area contributed by atoms with Gasteiger partial charge in [-0.2, -0.15) is 0 Å². The van der Waals surface area contributed by atoms with Crippen molar-refractivity contribution < 1.29 is 23.5 Å². The van der Waals surface area contributed by atoms with Crippen molar-refractivity contribution in [3.63, 3.8) is 0 Å². The predicted molar refractivity (Wildman–Crippen MR) is 84.4 cm³/mol. The number of carboxylic acids is 1. The van der Waals surface area contributed by atoms with Crippen LogP contribution in [0.2, 0.25) is 0 Å². The van der Waals surface area contributed by atoms with Gasteiger partial charge in [0.2, 0.25) is 0 Å². The van der Waals surface area contributed by atoms with E-state index in [2.05, 4.69) is 0 Å². The Bertz CT molecular complexity index is 730. The van der Waals surface area contributed by atoms with E-state index in [1.54, 1.807) is 17.0 Å². The Kier molecular flexibility index (Phi) is 4.64. The second-order valence-corrected chi connectivity index (χ2v) is 6.07. The number of benzene rings is 1. The van der Waals surface area contributed by atoms with Crippen molar-refractivity contribution in [2.24, 2.45) is 5.92 Å². The first kappa shape index (κ1) is 16.2. The highest BCUT2D eigenvalue weighted by Gasteiger charge is 2.26. The molecule has 126 valence electrons. The maximum atomic E-state index is 12.9. The standard InChI is InChI=1S/C18H18FNO4/c19-15-3-1-12(2-4-15)9-13-5-7-20(8-6-13)17(21)16-10-14(11-24-16)18(22)23/h1-4,10-11,13H,5-9H2,(H,22,23). The van der Waals surface area contributed by atoms with Gasteiger partial charge in [-0.15, -0.1) is 0 Å². The number of furan rings is 1. The van der Waals surface area contributed by atoms with Gasteiger partial charge in [0.25, 0.3) is 5.91 Å². The Labute approximate surface area is 138 Å². The van der Waals surface area contributed by atoms with Crippen molar-refractivity contribution in [3.8, 4) is 0 Å². The summed E-state index contributed by atoms with van der Waals surface area (Å²) in [5.41, 5.74) is 1.07. The average Bonchev–Trinajstić information content (AvgIpc) is 3.07. The Balaban J connectivity index is 1.55. The second-order valence-electron chi connectivity index (χ2n) is 6.07. The first-order chi connectivity index (χ1) is 11.5. The summed E-state index contributed by atoms with van der Waals surface area (Å²) >= 11 is 0. The minimum Gasteiger partial charge on any atom is -0.478 e. The lowest BCUT2D eigenvalue weighted by Gasteiger charge is -2.31. The molecule has 1 N–H and O–H groups in total. The Morgan fingerprint density at radius 3 is 2.46 bits per heavy atom. The van der Waals surface area contributed by atoms with Crippen LogP contribution in [0.1, 0.15) is 39.3 Å². The van der Waals surface area contributed by atoms with Crippen LogP contribution < -0.4 is 0 Å². The Morgan fingerprint density at radius 2 is 1.88 bits per heavy atom. The van der Waals surface area contributed by atoms with Crippen molar-refractivity contribution in [2.75, 3.05) is 13.1 Å². The molecule has 0 atom stereocenters. The molecule has 0 unspecified atom stereocenters. The largest absolute Gasteiger partial charge is 0.478 e. The van der Waals surface area contributed by atoms with E-state index in [9.17, 15) is 14.0 Å². The number of carbonyl (C=O) groups excluding carboxylic acids is 1. The highest BCUT2D eigenvalue weighted by Crippen LogP contribution is 2.23. The summed E-state index contributed by atoms with van der Waals surface area (Å²) in [5.74, 6) is -1.12. The third-order valence-corrected chi connectivity index (χ3v) is 4.40. The fraction of sp³-hybridized carbons (Fsp3) is 0.333. The van der Waals surface area contributed by atoms with Crippen LogP contribution in [0.15, 0.2) is 41.0 Å². The van der Waals surface area contributed by atoms with E-state index in [0.29, 0.717) is 19.0 Å². The lowest BCUT2D eigenvalue weighted by molar-refractivity contribution is 0.0656. The van der Waals surface area contributed by atoms with Crippen molar-refractivity contribution in [3.05, 3.63) is 59.3 Å². The Hall–Kier alpha value is -2.63. The van der Waals surface area contributed by atoms with Gasteiger partial charge in [-0.3, -0.25) is 4.79 Å². The summed E-state index contributed by atoms with van der Waals surface area (Å²) < 4.78 is 18.0. The number of rotatable bonds is 4. The molecule has 0 aliphatic carbocycles. The monoisotopic (exact) mass is 331 g/mol. The number of aromatic carboxylic acids is 1. The fourth-order valence-corrected chi connectivity index (χ4v) is 3.01. The first-order valence-electron chi connectivity index (χ1n) is 7.88. The van der Waals surface area contributed by atoms with Gasteiger partial charge in [-0.05, 0) is 42.9 Å². The molecule has 1 fully saturated rings. The molecule has 0 bridgehead atoms. The Morgan fingerprint density at radius 1 is 1.21 bits per heavy atom. The van der Waals surface area contributed by atoms with E-state index in [4.69, 9.17) is 9.52 Å². The van der Waals surface area contributed by atoms with Gasteiger partial charge in [0, 0.05) is 19.2 Å². The highest BCUT2D eigenvalue weighted by molar-refractivity contribution is 5.95. The number of hydrogen-bond donors (Lipinski definition) is 1. The SMILES string of the molecule is O=C(O)c1coc(C(=O)N2CCC(Cc3ccc(F)cc3)CC2)c1. The molecular weight excluding hydrogens is 313 g/mol. The zero-order chi connectivity index (χ0) is 17.1. The zero-order valence-corrected chi connectivity index (χ0v) is 13.1. The van der Waals surface area contributed by atoms with Gasteiger partial charge in [-0.1, -0.05) is 12.1 Å². The smallest absolute Gasteiger partial charge is 0.338 e. The van der Waals surface area contributed by atoms with Crippen molar-refractivity contribution in [1.82, 2.24) is 4.90 Å². The number of likely N-dealkylation sites (tertiary alicyclic amines) is 1. The van der Waals surface area contributed by atoms with Gasteiger partial charge in [0.1, 0.15) is 12.1 Å². The van der Waals surface area contributed by atoms with Gasteiger partial charge in [0.05, 0.1) is 5.56 Å². The summed E-state index contributed by atoms with van der Waals surface area (Å²) in [6.07, 6.45) is 3.66. The minimum absolute atomic E-state index is 0.0236. The second kappa shape index (κ2) is 6.86. The molecule has 0 saturated carbocycles. The number of hydrogen-bond acceptors (Lipinski definition) is 3. The van der Waals surface area contributed by atoms with Crippen LogP contribution in [-0.2, 0) is 6.42 Å². The molecule has 1 aliphatic rings.